The van der Waals surface area contributed by atoms with Crippen LogP contribution in [0.5, 0.6) is 0 Å². The minimum atomic E-state index is -0.926. The standard InChI is InChI=1S/C28H30Cl2N4O6/c1-17-23(27(35)39-3)25(19-6-4-7-20(16-19)34(37)38)24(18(2)31-17)28(36)40-15-14-32-10-12-33(13-11-32)22-9-5-8-21(29)26(22)30/h4-9,16,23,25H,10-15H2,1-3H3. The van der Waals surface area contributed by atoms with Crippen LogP contribution < -0.4 is 4.90 Å². The number of aliphatic imine (C=N–C) groups is 1. The lowest BCUT2D eigenvalue weighted by molar-refractivity contribution is -0.384. The van der Waals surface area contributed by atoms with Crippen LogP contribution in [0.25, 0.3) is 0 Å². The third kappa shape index (κ3) is 6.29. The second kappa shape index (κ2) is 12.8. The van der Waals surface area contributed by atoms with E-state index >= 15 is 0 Å². The lowest BCUT2D eigenvalue weighted by Crippen LogP contribution is -2.47. The van der Waals surface area contributed by atoms with Crippen LogP contribution in [0.15, 0.2) is 58.7 Å². The summed E-state index contributed by atoms with van der Waals surface area (Å²) >= 11 is 12.5. The zero-order valence-electron chi connectivity index (χ0n) is 22.4. The van der Waals surface area contributed by atoms with Crippen LogP contribution in [-0.4, -0.2) is 73.9 Å². The van der Waals surface area contributed by atoms with Crippen LogP contribution in [0.2, 0.25) is 10.0 Å². The van der Waals surface area contributed by atoms with Gasteiger partial charge in [-0.2, -0.15) is 0 Å². The van der Waals surface area contributed by atoms with Crippen molar-refractivity contribution in [2.75, 3.05) is 51.3 Å². The van der Waals surface area contributed by atoms with Crippen molar-refractivity contribution in [1.82, 2.24) is 4.90 Å². The smallest absolute Gasteiger partial charge is 0.336 e. The number of esters is 2. The van der Waals surface area contributed by atoms with Crippen molar-refractivity contribution in [2.24, 2.45) is 10.9 Å². The van der Waals surface area contributed by atoms with Crippen molar-refractivity contribution >= 4 is 52.2 Å². The summed E-state index contributed by atoms with van der Waals surface area (Å²) in [5, 5.41) is 12.5. The van der Waals surface area contributed by atoms with Gasteiger partial charge in [0.25, 0.3) is 5.69 Å². The number of carbonyl (C=O) groups excluding carboxylic acids is 2. The number of nitro benzene ring substituents is 1. The first-order valence-corrected chi connectivity index (χ1v) is 13.5. The van der Waals surface area contributed by atoms with Crippen LogP contribution in [0, 0.1) is 16.0 Å². The molecule has 0 aromatic heterocycles. The molecule has 0 radical (unpaired) electrons. The number of non-ortho nitro benzene ring substituents is 1. The van der Waals surface area contributed by atoms with Crippen LogP contribution in [0.3, 0.4) is 0 Å². The van der Waals surface area contributed by atoms with E-state index in [0.717, 1.165) is 31.9 Å². The number of hydrogen-bond acceptors (Lipinski definition) is 9. The number of halogens is 2. The van der Waals surface area contributed by atoms with Gasteiger partial charge in [0.15, 0.2) is 0 Å². The summed E-state index contributed by atoms with van der Waals surface area (Å²) in [6, 6.07) is 11.5. The number of nitro groups is 1. The summed E-state index contributed by atoms with van der Waals surface area (Å²) in [6.45, 7) is 6.94. The minimum Gasteiger partial charge on any atom is -0.468 e. The van der Waals surface area contributed by atoms with Gasteiger partial charge in [-0.05, 0) is 31.5 Å². The predicted octanol–water partition coefficient (Wildman–Crippen LogP) is 4.89. The van der Waals surface area contributed by atoms with Crippen molar-refractivity contribution in [3.05, 3.63) is 79.5 Å². The van der Waals surface area contributed by atoms with Gasteiger partial charge in [-0.15, -0.1) is 0 Å². The number of anilines is 1. The molecule has 212 valence electrons. The van der Waals surface area contributed by atoms with Gasteiger partial charge in [0.1, 0.15) is 12.5 Å². The fraction of sp³-hybridized carbons (Fsp3) is 0.393. The van der Waals surface area contributed by atoms with Crippen LogP contribution in [0.1, 0.15) is 25.3 Å². The topological polar surface area (TPSA) is 115 Å². The average Bonchev–Trinajstić information content (AvgIpc) is 2.94. The zero-order chi connectivity index (χ0) is 29.0. The van der Waals surface area contributed by atoms with E-state index in [-0.39, 0.29) is 17.9 Å². The third-order valence-electron chi connectivity index (χ3n) is 7.23. The molecular formula is C28H30Cl2N4O6. The van der Waals surface area contributed by atoms with Gasteiger partial charge in [-0.1, -0.05) is 41.4 Å². The van der Waals surface area contributed by atoms with Crippen molar-refractivity contribution in [1.29, 1.82) is 0 Å². The molecule has 1 saturated heterocycles. The highest BCUT2D eigenvalue weighted by molar-refractivity contribution is 6.43. The Balaban J connectivity index is 1.46. The first kappa shape index (κ1) is 29.5. The molecular weight excluding hydrogens is 559 g/mol. The van der Waals surface area contributed by atoms with E-state index in [9.17, 15) is 19.7 Å². The number of hydrogen-bond donors (Lipinski definition) is 0. The second-order valence-corrected chi connectivity index (χ2v) is 10.4. The molecule has 2 unspecified atom stereocenters. The SMILES string of the molecule is COC(=O)C1C(C)=NC(C)=C(C(=O)OCCN2CCN(c3cccc(Cl)c3Cl)CC2)C1c1cccc([N+](=O)[O-])c1. The monoisotopic (exact) mass is 588 g/mol. The molecule has 0 aliphatic carbocycles. The molecule has 0 N–H and O–H groups in total. The summed E-state index contributed by atoms with van der Waals surface area (Å²) in [5.74, 6) is -2.98. The van der Waals surface area contributed by atoms with E-state index in [2.05, 4.69) is 14.8 Å². The maximum Gasteiger partial charge on any atom is 0.336 e. The molecule has 0 bridgehead atoms. The molecule has 4 rings (SSSR count). The Bertz CT molecular complexity index is 1370. The lowest BCUT2D eigenvalue weighted by Gasteiger charge is -2.36. The molecule has 0 amide bonds. The molecule has 0 spiro atoms. The number of rotatable bonds is 8. The number of benzene rings is 2. The molecule has 40 heavy (non-hydrogen) atoms. The number of methoxy groups -OCH3 is 1. The summed E-state index contributed by atoms with van der Waals surface area (Å²) in [4.78, 5) is 46.0. The van der Waals surface area contributed by atoms with E-state index in [1.54, 1.807) is 26.0 Å². The maximum absolute atomic E-state index is 13.4. The molecule has 2 heterocycles. The molecule has 2 atom stereocenters. The fourth-order valence-corrected chi connectivity index (χ4v) is 5.64. The van der Waals surface area contributed by atoms with Crippen molar-refractivity contribution < 1.29 is 24.0 Å². The summed E-state index contributed by atoms with van der Waals surface area (Å²) < 4.78 is 10.7. The van der Waals surface area contributed by atoms with Crippen LogP contribution >= 0.6 is 23.2 Å². The molecule has 12 heteroatoms. The van der Waals surface area contributed by atoms with E-state index in [1.807, 2.05) is 12.1 Å². The molecule has 1 fully saturated rings. The van der Waals surface area contributed by atoms with Gasteiger partial charge in [0.2, 0.25) is 0 Å². The second-order valence-electron chi connectivity index (χ2n) is 9.62. The van der Waals surface area contributed by atoms with Gasteiger partial charge in [0, 0.05) is 62.2 Å². The van der Waals surface area contributed by atoms with Crippen molar-refractivity contribution in [3.8, 4) is 0 Å². The zero-order valence-corrected chi connectivity index (χ0v) is 23.9. The number of carbonyl (C=O) groups is 2. The summed E-state index contributed by atoms with van der Waals surface area (Å²) in [5.41, 5.74) is 2.21. The first-order chi connectivity index (χ1) is 19.1. The number of ether oxygens (including phenoxy) is 2. The molecule has 2 aromatic carbocycles. The Labute approximate surface area is 242 Å². The molecule has 0 saturated carbocycles. The van der Waals surface area contributed by atoms with Crippen LogP contribution in [0.4, 0.5) is 11.4 Å². The normalized spacial score (nSPS) is 19.7. The van der Waals surface area contributed by atoms with Crippen LogP contribution in [-0.2, 0) is 19.1 Å². The Hall–Kier alpha value is -3.47. The van der Waals surface area contributed by atoms with Gasteiger partial charge in [-0.25, -0.2) is 4.79 Å². The largest absolute Gasteiger partial charge is 0.468 e. The first-order valence-electron chi connectivity index (χ1n) is 12.8. The lowest BCUT2D eigenvalue weighted by atomic mass is 9.75. The van der Waals surface area contributed by atoms with E-state index in [4.69, 9.17) is 32.7 Å². The summed E-state index contributed by atoms with van der Waals surface area (Å²) in [7, 11) is 1.25. The van der Waals surface area contributed by atoms with Gasteiger partial charge in [-0.3, -0.25) is 24.8 Å². The van der Waals surface area contributed by atoms with Gasteiger partial charge < -0.3 is 14.4 Å². The van der Waals surface area contributed by atoms with E-state index in [0.29, 0.717) is 33.6 Å². The van der Waals surface area contributed by atoms with E-state index < -0.39 is 28.7 Å². The highest BCUT2D eigenvalue weighted by atomic mass is 35.5. The highest BCUT2D eigenvalue weighted by Crippen LogP contribution is 2.41. The average molecular weight is 589 g/mol. The third-order valence-corrected chi connectivity index (χ3v) is 8.04. The fourth-order valence-electron chi connectivity index (χ4n) is 5.22. The van der Waals surface area contributed by atoms with Crippen molar-refractivity contribution in [3.63, 3.8) is 0 Å². The molecule has 10 nitrogen and oxygen atoms in total. The number of nitrogens with zero attached hydrogens (tertiary/aromatic N) is 4. The number of piperazine rings is 1. The van der Waals surface area contributed by atoms with Gasteiger partial charge in [0.05, 0.1) is 33.3 Å². The minimum absolute atomic E-state index is 0.126. The Morgan fingerprint density at radius 3 is 2.48 bits per heavy atom. The quantitative estimate of drug-likeness (QED) is 0.243. The molecule has 2 aromatic rings. The van der Waals surface area contributed by atoms with Crippen molar-refractivity contribution in [2.45, 2.75) is 19.8 Å². The predicted molar refractivity (Wildman–Crippen MR) is 153 cm³/mol. The van der Waals surface area contributed by atoms with E-state index in [1.165, 1.54) is 25.3 Å². The van der Waals surface area contributed by atoms with Gasteiger partial charge >= 0.3 is 11.9 Å². The Morgan fingerprint density at radius 2 is 1.80 bits per heavy atom. The summed E-state index contributed by atoms with van der Waals surface area (Å²) in [6.07, 6.45) is 0. The highest BCUT2D eigenvalue weighted by Gasteiger charge is 2.42. The maximum atomic E-state index is 13.4. The molecule has 2 aliphatic rings. The molecule has 2 aliphatic heterocycles. The Morgan fingerprint density at radius 1 is 1.10 bits per heavy atom. The number of allylic oxidation sites excluding steroid dienone is 1. The Kier molecular flexibility index (Phi) is 9.44.